The quantitative estimate of drug-likeness (QED) is 0.679. The highest BCUT2D eigenvalue weighted by molar-refractivity contribution is 7.16. The summed E-state index contributed by atoms with van der Waals surface area (Å²) in [6.45, 7) is 0.443. The second kappa shape index (κ2) is 8.26. The van der Waals surface area contributed by atoms with Crippen LogP contribution in [0.1, 0.15) is 10.6 Å². The Kier molecular flexibility index (Phi) is 5.78. The number of nitrogens with one attached hydrogen (secondary N) is 1. The molecule has 7 nitrogen and oxygen atoms in total. The number of anilines is 1. The van der Waals surface area contributed by atoms with Crippen molar-refractivity contribution in [1.82, 2.24) is 14.8 Å². The lowest BCUT2D eigenvalue weighted by Crippen LogP contribution is -2.29. The largest absolute Gasteiger partial charge is 0.435 e. The van der Waals surface area contributed by atoms with Crippen LogP contribution in [-0.2, 0) is 11.3 Å². The molecule has 3 rings (SSSR count). The first-order valence-electron chi connectivity index (χ1n) is 8.19. The van der Waals surface area contributed by atoms with Crippen LogP contribution in [0.4, 0.5) is 13.9 Å². The molecule has 0 bridgehead atoms. The Morgan fingerprint density at radius 3 is 2.61 bits per heavy atom. The molecular formula is C18H16F2N4O3S. The summed E-state index contributed by atoms with van der Waals surface area (Å²) >= 11 is 1.27. The number of hydrogen-bond acceptors (Lipinski definition) is 6. The van der Waals surface area contributed by atoms with Crippen molar-refractivity contribution in [3.63, 3.8) is 0 Å². The van der Waals surface area contributed by atoms with Crippen molar-refractivity contribution in [1.29, 1.82) is 0 Å². The van der Waals surface area contributed by atoms with Crippen LogP contribution in [0.3, 0.4) is 0 Å². The second-order valence-corrected chi connectivity index (χ2v) is 7.05. The molecule has 3 aromatic rings. The van der Waals surface area contributed by atoms with E-state index < -0.39 is 12.5 Å². The molecule has 0 spiro atoms. The highest BCUT2D eigenvalue weighted by Crippen LogP contribution is 2.31. The van der Waals surface area contributed by atoms with Crippen molar-refractivity contribution in [2.24, 2.45) is 0 Å². The molecule has 0 saturated carbocycles. The van der Waals surface area contributed by atoms with Crippen LogP contribution in [-0.4, -0.2) is 27.3 Å². The molecule has 0 saturated heterocycles. The van der Waals surface area contributed by atoms with E-state index >= 15 is 0 Å². The van der Waals surface area contributed by atoms with Crippen molar-refractivity contribution in [3.05, 3.63) is 57.3 Å². The summed E-state index contributed by atoms with van der Waals surface area (Å²) in [7, 11) is 0. The van der Waals surface area contributed by atoms with Gasteiger partial charge in [0.2, 0.25) is 5.91 Å². The zero-order valence-corrected chi connectivity index (χ0v) is 15.8. The Morgan fingerprint density at radius 2 is 1.93 bits per heavy atom. The first kappa shape index (κ1) is 19.6. The number of amides is 1. The third-order valence-electron chi connectivity index (χ3n) is 3.69. The summed E-state index contributed by atoms with van der Waals surface area (Å²) in [4.78, 5) is 29.2. The van der Waals surface area contributed by atoms with E-state index in [1.165, 1.54) is 29.5 Å². The van der Waals surface area contributed by atoms with Crippen LogP contribution in [0.2, 0.25) is 0 Å². The van der Waals surface area contributed by atoms with Gasteiger partial charge in [0.1, 0.15) is 12.3 Å². The number of rotatable bonds is 6. The maximum Gasteiger partial charge on any atom is 0.387 e. The molecular weight excluding hydrogens is 390 g/mol. The van der Waals surface area contributed by atoms with Crippen molar-refractivity contribution >= 4 is 22.4 Å². The van der Waals surface area contributed by atoms with Gasteiger partial charge >= 0.3 is 6.61 Å². The van der Waals surface area contributed by atoms with Crippen molar-refractivity contribution in [2.75, 3.05) is 5.32 Å². The van der Waals surface area contributed by atoms with E-state index in [1.54, 1.807) is 25.1 Å². The number of hydrogen-bond donors (Lipinski definition) is 1. The standard InChI is InChI=1S/C18H16F2N4O3S/c1-10-3-8-15(26)24(23-10)9-14(25)21-18-22-16(11(2)28-18)12-4-6-13(7-5-12)27-17(19)20/h3-8,17H,9H2,1-2H3,(H,21,22,25). The van der Waals surface area contributed by atoms with Gasteiger partial charge in [-0.15, -0.1) is 11.3 Å². The maximum atomic E-state index is 12.2. The number of carbonyl (C=O) groups excluding carboxylic acids is 1. The maximum absolute atomic E-state index is 12.2. The molecule has 28 heavy (non-hydrogen) atoms. The van der Waals surface area contributed by atoms with E-state index in [0.717, 1.165) is 9.56 Å². The summed E-state index contributed by atoms with van der Waals surface area (Å²) in [6, 6.07) is 9.00. The van der Waals surface area contributed by atoms with Gasteiger partial charge < -0.3 is 10.1 Å². The van der Waals surface area contributed by atoms with Crippen LogP contribution in [0.5, 0.6) is 5.75 Å². The summed E-state index contributed by atoms with van der Waals surface area (Å²) in [5, 5.41) is 7.03. The molecule has 2 heterocycles. The van der Waals surface area contributed by atoms with E-state index in [0.29, 0.717) is 22.1 Å². The zero-order valence-electron chi connectivity index (χ0n) is 15.0. The van der Waals surface area contributed by atoms with Gasteiger partial charge in [-0.2, -0.15) is 13.9 Å². The lowest BCUT2D eigenvalue weighted by molar-refractivity contribution is -0.117. The van der Waals surface area contributed by atoms with Gasteiger partial charge in [0.15, 0.2) is 5.13 Å². The van der Waals surface area contributed by atoms with E-state index in [-0.39, 0.29) is 17.9 Å². The average Bonchev–Trinajstić information content (AvgIpc) is 2.98. The molecule has 0 atom stereocenters. The van der Waals surface area contributed by atoms with E-state index in [9.17, 15) is 18.4 Å². The Morgan fingerprint density at radius 1 is 1.21 bits per heavy atom. The molecule has 0 aliphatic carbocycles. The minimum absolute atomic E-state index is 0.0521. The van der Waals surface area contributed by atoms with Crippen LogP contribution in [0, 0.1) is 13.8 Å². The fourth-order valence-corrected chi connectivity index (χ4v) is 3.32. The predicted molar refractivity (Wildman–Crippen MR) is 101 cm³/mol. The van der Waals surface area contributed by atoms with E-state index in [4.69, 9.17) is 0 Å². The Bertz CT molecular complexity index is 1050. The Hall–Kier alpha value is -3.14. The van der Waals surface area contributed by atoms with Crippen LogP contribution >= 0.6 is 11.3 Å². The number of halogens is 2. The number of aromatic nitrogens is 3. The van der Waals surface area contributed by atoms with Gasteiger partial charge in [-0.25, -0.2) is 9.67 Å². The smallest absolute Gasteiger partial charge is 0.387 e. The van der Waals surface area contributed by atoms with Crippen molar-refractivity contribution < 1.29 is 18.3 Å². The number of benzene rings is 1. The van der Waals surface area contributed by atoms with Crippen molar-refractivity contribution in [3.8, 4) is 17.0 Å². The van der Waals surface area contributed by atoms with Crippen LogP contribution in [0.25, 0.3) is 11.3 Å². The fourth-order valence-electron chi connectivity index (χ4n) is 2.47. The number of aryl methyl sites for hydroxylation is 2. The molecule has 1 amide bonds. The van der Waals surface area contributed by atoms with Crippen LogP contribution < -0.4 is 15.6 Å². The lowest BCUT2D eigenvalue weighted by Gasteiger charge is -2.05. The molecule has 0 fully saturated rings. The summed E-state index contributed by atoms with van der Waals surface area (Å²) in [6.07, 6.45) is 0. The lowest BCUT2D eigenvalue weighted by atomic mass is 10.1. The molecule has 1 N–H and O–H groups in total. The number of nitrogens with zero attached hydrogens (tertiary/aromatic N) is 3. The molecule has 0 unspecified atom stereocenters. The first-order valence-corrected chi connectivity index (χ1v) is 9.01. The number of alkyl halides is 2. The molecule has 0 radical (unpaired) electrons. The monoisotopic (exact) mass is 406 g/mol. The predicted octanol–water partition coefficient (Wildman–Crippen LogP) is 3.22. The summed E-state index contributed by atoms with van der Waals surface area (Å²) < 4.78 is 29.9. The topological polar surface area (TPSA) is 86.1 Å². The molecule has 2 aromatic heterocycles. The molecule has 146 valence electrons. The van der Waals surface area contributed by atoms with Crippen molar-refractivity contribution in [2.45, 2.75) is 27.0 Å². The zero-order chi connectivity index (χ0) is 20.3. The van der Waals surface area contributed by atoms with Gasteiger partial charge in [-0.3, -0.25) is 9.59 Å². The van der Waals surface area contributed by atoms with Gasteiger partial charge in [0.25, 0.3) is 5.56 Å². The highest BCUT2D eigenvalue weighted by atomic mass is 32.1. The Labute approximate surface area is 162 Å². The highest BCUT2D eigenvalue weighted by Gasteiger charge is 2.14. The normalized spacial score (nSPS) is 10.9. The first-order chi connectivity index (χ1) is 13.3. The third-order valence-corrected chi connectivity index (χ3v) is 4.58. The van der Waals surface area contributed by atoms with Gasteiger partial charge in [-0.1, -0.05) is 0 Å². The molecule has 0 aliphatic heterocycles. The molecule has 0 aliphatic rings. The van der Waals surface area contributed by atoms with E-state index in [1.807, 2.05) is 6.92 Å². The van der Waals surface area contributed by atoms with Gasteiger partial charge in [0.05, 0.1) is 11.4 Å². The van der Waals surface area contributed by atoms with E-state index in [2.05, 4.69) is 20.1 Å². The Balaban J connectivity index is 1.72. The second-order valence-electron chi connectivity index (χ2n) is 5.85. The summed E-state index contributed by atoms with van der Waals surface area (Å²) in [5.41, 5.74) is 1.57. The molecule has 1 aromatic carbocycles. The van der Waals surface area contributed by atoms with Gasteiger partial charge in [0, 0.05) is 16.5 Å². The fraction of sp³-hybridized carbons (Fsp3) is 0.222. The number of carbonyl (C=O) groups is 1. The average molecular weight is 406 g/mol. The SMILES string of the molecule is Cc1ccc(=O)n(CC(=O)Nc2nc(-c3ccc(OC(F)F)cc3)c(C)s2)n1. The number of ether oxygens (including phenoxy) is 1. The van der Waals surface area contributed by atoms with Crippen LogP contribution in [0.15, 0.2) is 41.2 Å². The third kappa shape index (κ3) is 4.77. The molecule has 10 heteroatoms. The van der Waals surface area contributed by atoms with Gasteiger partial charge in [-0.05, 0) is 44.2 Å². The minimum Gasteiger partial charge on any atom is -0.435 e. The number of thiazole rings is 1. The summed E-state index contributed by atoms with van der Waals surface area (Å²) in [5.74, 6) is -0.377. The minimum atomic E-state index is -2.89.